The van der Waals surface area contributed by atoms with E-state index in [9.17, 15) is 4.79 Å². The molecule has 2 rings (SSSR count). The van der Waals surface area contributed by atoms with Crippen molar-refractivity contribution in [3.63, 3.8) is 0 Å². The fourth-order valence-electron chi connectivity index (χ4n) is 3.07. The third-order valence-electron chi connectivity index (χ3n) is 4.81. The van der Waals surface area contributed by atoms with Crippen molar-refractivity contribution in [2.75, 3.05) is 44.7 Å². The highest BCUT2D eigenvalue weighted by molar-refractivity contribution is 7.99. The summed E-state index contributed by atoms with van der Waals surface area (Å²) in [7, 11) is 2.20. The minimum absolute atomic E-state index is 0.352. The topological polar surface area (TPSA) is 35.6 Å². The lowest BCUT2D eigenvalue weighted by molar-refractivity contribution is -0.133. The van der Waals surface area contributed by atoms with Crippen molar-refractivity contribution in [1.82, 2.24) is 15.1 Å². The van der Waals surface area contributed by atoms with E-state index in [2.05, 4.69) is 36.0 Å². The van der Waals surface area contributed by atoms with E-state index in [0.717, 1.165) is 44.1 Å². The van der Waals surface area contributed by atoms with Crippen LogP contribution < -0.4 is 5.32 Å². The van der Waals surface area contributed by atoms with E-state index in [1.165, 1.54) is 12.3 Å². The predicted molar refractivity (Wildman–Crippen MR) is 90.8 cm³/mol. The van der Waals surface area contributed by atoms with Gasteiger partial charge in [-0.2, -0.15) is 11.8 Å². The molecule has 2 aliphatic rings. The lowest BCUT2D eigenvalue weighted by Crippen LogP contribution is -2.46. The van der Waals surface area contributed by atoms with Crippen LogP contribution in [0.3, 0.4) is 0 Å². The van der Waals surface area contributed by atoms with Crippen molar-refractivity contribution >= 4 is 17.7 Å². The Labute approximate surface area is 134 Å². The first-order valence-electron chi connectivity index (χ1n) is 8.35. The number of amides is 1. The number of hydrogen-bond acceptors (Lipinski definition) is 4. The Morgan fingerprint density at radius 3 is 2.67 bits per heavy atom. The van der Waals surface area contributed by atoms with Crippen LogP contribution >= 0.6 is 11.8 Å². The molecule has 5 heteroatoms. The predicted octanol–water partition coefficient (Wildman–Crippen LogP) is 1.66. The Morgan fingerprint density at radius 2 is 2.10 bits per heavy atom. The number of likely N-dealkylation sites (tertiary alicyclic amines) is 1. The highest BCUT2D eigenvalue weighted by Crippen LogP contribution is 2.20. The van der Waals surface area contributed by atoms with Gasteiger partial charge in [-0.3, -0.25) is 4.79 Å². The minimum Gasteiger partial charge on any atom is -0.343 e. The third kappa shape index (κ3) is 5.46. The standard InChI is InChI=1S/C16H31N3OS/c1-13(2)18(3)11-14-4-7-19(8-5-14)16(20)10-15-12-21-9-6-17-15/h13-15,17H,4-12H2,1-3H3. The molecule has 1 amide bonds. The average Bonchev–Trinajstić information content (AvgIpc) is 2.48. The Bertz CT molecular complexity index is 323. The highest BCUT2D eigenvalue weighted by Gasteiger charge is 2.26. The smallest absolute Gasteiger partial charge is 0.224 e. The van der Waals surface area contributed by atoms with E-state index in [1.54, 1.807) is 0 Å². The van der Waals surface area contributed by atoms with Crippen LogP contribution in [0.2, 0.25) is 0 Å². The summed E-state index contributed by atoms with van der Waals surface area (Å²) in [5, 5.41) is 3.46. The fraction of sp³-hybridized carbons (Fsp3) is 0.938. The molecule has 0 aliphatic carbocycles. The average molecular weight is 314 g/mol. The quantitative estimate of drug-likeness (QED) is 0.837. The van der Waals surface area contributed by atoms with Crippen LogP contribution in [0.1, 0.15) is 33.1 Å². The largest absolute Gasteiger partial charge is 0.343 e. The summed E-state index contributed by atoms with van der Waals surface area (Å²) >= 11 is 1.96. The van der Waals surface area contributed by atoms with Crippen molar-refractivity contribution in [3.05, 3.63) is 0 Å². The van der Waals surface area contributed by atoms with Gasteiger partial charge >= 0.3 is 0 Å². The van der Waals surface area contributed by atoms with Crippen molar-refractivity contribution in [3.8, 4) is 0 Å². The Kier molecular flexibility index (Phi) is 6.83. The van der Waals surface area contributed by atoms with Crippen molar-refractivity contribution in [2.24, 2.45) is 5.92 Å². The van der Waals surface area contributed by atoms with Gasteiger partial charge in [0.1, 0.15) is 0 Å². The SMILES string of the molecule is CC(C)N(C)CC1CCN(C(=O)CC2CSCCN2)CC1. The highest BCUT2D eigenvalue weighted by atomic mass is 32.2. The number of piperidine rings is 1. The van der Waals surface area contributed by atoms with E-state index in [1.807, 2.05) is 11.8 Å². The van der Waals surface area contributed by atoms with Crippen LogP contribution in [-0.2, 0) is 4.79 Å². The number of rotatable bonds is 5. The Morgan fingerprint density at radius 1 is 1.38 bits per heavy atom. The molecular weight excluding hydrogens is 282 g/mol. The van der Waals surface area contributed by atoms with Crippen LogP contribution in [0.25, 0.3) is 0 Å². The number of nitrogens with zero attached hydrogens (tertiary/aromatic N) is 2. The lowest BCUT2D eigenvalue weighted by atomic mass is 9.95. The summed E-state index contributed by atoms with van der Waals surface area (Å²) in [4.78, 5) is 16.9. The molecule has 21 heavy (non-hydrogen) atoms. The Hall–Kier alpha value is -0.260. The Balaban J connectivity index is 1.69. The summed E-state index contributed by atoms with van der Waals surface area (Å²) in [5.41, 5.74) is 0. The summed E-state index contributed by atoms with van der Waals surface area (Å²) in [5.74, 6) is 3.37. The molecule has 0 aromatic carbocycles. The number of carbonyl (C=O) groups excluding carboxylic acids is 1. The summed E-state index contributed by atoms with van der Waals surface area (Å²) in [6.45, 7) is 8.61. The van der Waals surface area contributed by atoms with Gasteiger partial charge in [0.2, 0.25) is 5.91 Å². The van der Waals surface area contributed by atoms with Gasteiger partial charge in [-0.05, 0) is 39.7 Å². The normalized spacial score (nSPS) is 24.8. The molecule has 0 saturated carbocycles. The third-order valence-corrected chi connectivity index (χ3v) is 5.95. The molecule has 2 aliphatic heterocycles. The molecule has 2 heterocycles. The molecular formula is C16H31N3OS. The van der Waals surface area contributed by atoms with Crippen molar-refractivity contribution in [1.29, 1.82) is 0 Å². The van der Waals surface area contributed by atoms with Crippen LogP contribution in [0.4, 0.5) is 0 Å². The van der Waals surface area contributed by atoms with Gasteiger partial charge in [-0.1, -0.05) is 0 Å². The van der Waals surface area contributed by atoms with Crippen molar-refractivity contribution in [2.45, 2.75) is 45.2 Å². The molecule has 2 fully saturated rings. The molecule has 0 bridgehead atoms. The molecule has 0 aromatic heterocycles. The maximum Gasteiger partial charge on any atom is 0.224 e. The first-order chi connectivity index (χ1) is 10.1. The molecule has 0 spiro atoms. The van der Waals surface area contributed by atoms with Crippen LogP contribution in [0.15, 0.2) is 0 Å². The number of thioether (sulfide) groups is 1. The van der Waals surface area contributed by atoms with E-state index in [0.29, 0.717) is 24.4 Å². The van der Waals surface area contributed by atoms with Gasteiger partial charge < -0.3 is 15.1 Å². The van der Waals surface area contributed by atoms with E-state index in [-0.39, 0.29) is 0 Å². The molecule has 122 valence electrons. The van der Waals surface area contributed by atoms with Gasteiger partial charge in [0.05, 0.1) is 0 Å². The number of hydrogen-bond donors (Lipinski definition) is 1. The van der Waals surface area contributed by atoms with E-state index >= 15 is 0 Å². The summed E-state index contributed by atoms with van der Waals surface area (Å²) in [6, 6.07) is 1.00. The zero-order chi connectivity index (χ0) is 15.2. The monoisotopic (exact) mass is 313 g/mol. The maximum atomic E-state index is 12.4. The molecule has 1 unspecified atom stereocenters. The second-order valence-electron chi connectivity index (χ2n) is 6.79. The summed E-state index contributed by atoms with van der Waals surface area (Å²) < 4.78 is 0. The molecule has 0 radical (unpaired) electrons. The van der Waals surface area contributed by atoms with Crippen LogP contribution in [0, 0.1) is 5.92 Å². The van der Waals surface area contributed by atoms with E-state index < -0.39 is 0 Å². The lowest BCUT2D eigenvalue weighted by Gasteiger charge is -2.35. The minimum atomic E-state index is 0.352. The first kappa shape index (κ1) is 17.1. The zero-order valence-electron chi connectivity index (χ0n) is 13.8. The maximum absolute atomic E-state index is 12.4. The van der Waals surface area contributed by atoms with Gasteiger partial charge in [-0.15, -0.1) is 0 Å². The van der Waals surface area contributed by atoms with E-state index in [4.69, 9.17) is 0 Å². The summed E-state index contributed by atoms with van der Waals surface area (Å²) in [6.07, 6.45) is 3.01. The van der Waals surface area contributed by atoms with Gasteiger partial charge in [0.25, 0.3) is 0 Å². The molecule has 0 aromatic rings. The molecule has 1 N–H and O–H groups in total. The molecule has 2 saturated heterocycles. The second kappa shape index (κ2) is 8.39. The number of carbonyl (C=O) groups is 1. The van der Waals surface area contributed by atoms with Gasteiger partial charge in [-0.25, -0.2) is 0 Å². The van der Waals surface area contributed by atoms with Gasteiger partial charge in [0, 0.05) is 56.2 Å². The van der Waals surface area contributed by atoms with Crippen LogP contribution in [0.5, 0.6) is 0 Å². The fourth-order valence-corrected chi connectivity index (χ4v) is 4.02. The number of nitrogens with one attached hydrogen (secondary N) is 1. The molecule has 1 atom stereocenters. The zero-order valence-corrected chi connectivity index (χ0v) is 14.6. The van der Waals surface area contributed by atoms with Gasteiger partial charge in [0.15, 0.2) is 0 Å². The van der Waals surface area contributed by atoms with Crippen LogP contribution in [-0.4, -0.2) is 72.5 Å². The van der Waals surface area contributed by atoms with Crippen molar-refractivity contribution < 1.29 is 4.79 Å². The molecule has 4 nitrogen and oxygen atoms in total. The first-order valence-corrected chi connectivity index (χ1v) is 9.51. The second-order valence-corrected chi connectivity index (χ2v) is 7.94.